The van der Waals surface area contributed by atoms with Crippen molar-refractivity contribution >= 4 is 0 Å². The van der Waals surface area contributed by atoms with Gasteiger partial charge in [0.15, 0.2) is 5.67 Å². The molecule has 0 fully saturated rings. The Morgan fingerprint density at radius 2 is 1.93 bits per heavy atom. The first-order valence-electron chi connectivity index (χ1n) is 9.42. The third-order valence-electron chi connectivity index (χ3n) is 4.93. The van der Waals surface area contributed by atoms with Gasteiger partial charge in [0.05, 0.1) is 11.6 Å². The van der Waals surface area contributed by atoms with Crippen molar-refractivity contribution < 1.29 is 8.78 Å². The molecular formula is C24H23F2N. The van der Waals surface area contributed by atoms with Crippen LogP contribution < -0.4 is 0 Å². The molecule has 0 heterocycles. The number of halogens is 2. The summed E-state index contributed by atoms with van der Waals surface area (Å²) in [6, 6.07) is 17.1. The third kappa shape index (κ3) is 4.34. The molecule has 138 valence electrons. The maximum absolute atomic E-state index is 15.8. The number of benzene rings is 2. The van der Waals surface area contributed by atoms with E-state index < -0.39 is 11.5 Å². The fourth-order valence-electron chi connectivity index (χ4n) is 3.61. The number of unbranched alkanes of at least 4 members (excludes halogenated alkanes) is 2. The number of rotatable bonds is 6. The number of aryl methyl sites for hydroxylation is 1. The summed E-state index contributed by atoms with van der Waals surface area (Å²) in [7, 11) is 0. The summed E-state index contributed by atoms with van der Waals surface area (Å²) in [6.45, 7) is 2.17. The Hall–Kier alpha value is -2.73. The lowest BCUT2D eigenvalue weighted by atomic mass is 9.82. The second-order valence-electron chi connectivity index (χ2n) is 7.04. The van der Waals surface area contributed by atoms with Crippen molar-refractivity contribution in [1.29, 1.82) is 5.26 Å². The van der Waals surface area contributed by atoms with Gasteiger partial charge in [0.2, 0.25) is 0 Å². The average molecular weight is 363 g/mol. The van der Waals surface area contributed by atoms with E-state index in [1.807, 2.05) is 30.3 Å². The zero-order chi connectivity index (χ0) is 19.3. The summed E-state index contributed by atoms with van der Waals surface area (Å²) in [5, 5.41) is 9.12. The summed E-state index contributed by atoms with van der Waals surface area (Å²) in [6.07, 6.45) is 6.42. The van der Waals surface area contributed by atoms with Gasteiger partial charge in [0, 0.05) is 12.0 Å². The van der Waals surface area contributed by atoms with Crippen LogP contribution in [0.5, 0.6) is 0 Å². The lowest BCUT2D eigenvalue weighted by Gasteiger charge is -2.27. The second-order valence-corrected chi connectivity index (χ2v) is 7.04. The topological polar surface area (TPSA) is 23.8 Å². The van der Waals surface area contributed by atoms with E-state index in [1.54, 1.807) is 12.1 Å². The Labute approximate surface area is 159 Å². The van der Waals surface area contributed by atoms with Crippen molar-refractivity contribution in [1.82, 2.24) is 0 Å². The van der Waals surface area contributed by atoms with Crippen LogP contribution in [0.1, 0.15) is 43.7 Å². The molecule has 2 aromatic carbocycles. The predicted molar refractivity (Wildman–Crippen MR) is 105 cm³/mol. The van der Waals surface area contributed by atoms with Crippen LogP contribution >= 0.6 is 0 Å². The molecule has 0 spiro atoms. The van der Waals surface area contributed by atoms with E-state index in [0.717, 1.165) is 30.0 Å². The van der Waals surface area contributed by atoms with Crippen molar-refractivity contribution in [3.05, 3.63) is 83.2 Å². The van der Waals surface area contributed by atoms with Crippen LogP contribution in [0.3, 0.4) is 0 Å². The molecule has 0 saturated carbocycles. The number of allylic oxidation sites excluding steroid dienone is 4. The van der Waals surface area contributed by atoms with Gasteiger partial charge in [-0.1, -0.05) is 68.3 Å². The van der Waals surface area contributed by atoms with Gasteiger partial charge < -0.3 is 0 Å². The Bertz CT molecular complexity index is 920. The van der Waals surface area contributed by atoms with Gasteiger partial charge in [-0.15, -0.1) is 0 Å². The highest BCUT2D eigenvalue weighted by Crippen LogP contribution is 2.43. The van der Waals surface area contributed by atoms with Gasteiger partial charge in [-0.05, 0) is 41.7 Å². The monoisotopic (exact) mass is 363 g/mol. The first-order valence-corrected chi connectivity index (χ1v) is 9.42. The molecule has 0 N–H and O–H groups in total. The highest BCUT2D eigenvalue weighted by molar-refractivity contribution is 5.70. The number of nitrogens with zero attached hydrogens (tertiary/aromatic N) is 1. The van der Waals surface area contributed by atoms with E-state index in [9.17, 15) is 4.39 Å². The maximum atomic E-state index is 15.8. The predicted octanol–water partition coefficient (Wildman–Crippen LogP) is 6.96. The highest BCUT2D eigenvalue weighted by atomic mass is 19.1. The van der Waals surface area contributed by atoms with Gasteiger partial charge >= 0.3 is 0 Å². The molecule has 3 heteroatoms. The lowest BCUT2D eigenvalue weighted by Crippen LogP contribution is -2.21. The summed E-state index contributed by atoms with van der Waals surface area (Å²) in [5.74, 6) is -0.611. The molecule has 0 radical (unpaired) electrons. The van der Waals surface area contributed by atoms with E-state index in [0.29, 0.717) is 5.56 Å². The molecule has 3 rings (SSSR count). The van der Waals surface area contributed by atoms with Crippen LogP contribution in [0.25, 0.3) is 11.1 Å². The molecule has 0 saturated heterocycles. The van der Waals surface area contributed by atoms with Crippen LogP contribution in [0.15, 0.2) is 72.1 Å². The first-order chi connectivity index (χ1) is 13.1. The smallest absolute Gasteiger partial charge is 0.162 e. The molecule has 1 nitrogen and oxygen atoms in total. The quantitative estimate of drug-likeness (QED) is 0.509. The van der Waals surface area contributed by atoms with E-state index in [2.05, 4.69) is 19.1 Å². The summed E-state index contributed by atoms with van der Waals surface area (Å²) in [4.78, 5) is 0. The van der Waals surface area contributed by atoms with E-state index in [1.165, 1.54) is 24.5 Å². The average Bonchev–Trinajstić information content (AvgIpc) is 2.68. The van der Waals surface area contributed by atoms with Crippen LogP contribution in [-0.4, -0.2) is 0 Å². The molecule has 0 bridgehead atoms. The molecule has 27 heavy (non-hydrogen) atoms. The third-order valence-corrected chi connectivity index (χ3v) is 4.93. The van der Waals surface area contributed by atoms with Crippen LogP contribution in [0.2, 0.25) is 0 Å². The summed E-state index contributed by atoms with van der Waals surface area (Å²) < 4.78 is 29.8. The van der Waals surface area contributed by atoms with Crippen molar-refractivity contribution in [2.75, 3.05) is 0 Å². The Balaban J connectivity index is 2.01. The molecule has 2 aromatic rings. The molecule has 1 atom stereocenters. The molecule has 1 aliphatic carbocycles. The Morgan fingerprint density at radius 3 is 2.70 bits per heavy atom. The molecule has 1 aliphatic rings. The molecule has 0 amide bonds. The number of alkyl halides is 1. The fourth-order valence-corrected chi connectivity index (χ4v) is 3.61. The fraction of sp³-hybridized carbons (Fsp3) is 0.292. The first kappa shape index (κ1) is 19.0. The zero-order valence-corrected chi connectivity index (χ0v) is 15.5. The summed E-state index contributed by atoms with van der Waals surface area (Å²) >= 11 is 0. The maximum Gasteiger partial charge on any atom is 0.162 e. The van der Waals surface area contributed by atoms with Gasteiger partial charge in [0.25, 0.3) is 0 Å². The van der Waals surface area contributed by atoms with Gasteiger partial charge in [0.1, 0.15) is 5.83 Å². The van der Waals surface area contributed by atoms with Gasteiger partial charge in [-0.3, -0.25) is 0 Å². The Kier molecular flexibility index (Phi) is 5.86. The van der Waals surface area contributed by atoms with Crippen molar-refractivity contribution in [3.8, 4) is 17.2 Å². The molecule has 0 aromatic heterocycles. The Morgan fingerprint density at radius 1 is 1.11 bits per heavy atom. The van der Waals surface area contributed by atoms with E-state index in [4.69, 9.17) is 5.26 Å². The molecular weight excluding hydrogens is 340 g/mol. The lowest BCUT2D eigenvalue weighted by molar-refractivity contribution is 0.216. The van der Waals surface area contributed by atoms with E-state index >= 15 is 4.39 Å². The minimum absolute atomic E-state index is 0.0179. The SMILES string of the molecule is CCCCCc1cccc(-c2ccccc2C2(F)C=C(C#N)C=C(F)C2)c1. The van der Waals surface area contributed by atoms with Crippen LogP contribution in [-0.2, 0) is 12.1 Å². The van der Waals surface area contributed by atoms with Crippen molar-refractivity contribution in [2.24, 2.45) is 0 Å². The molecule has 1 unspecified atom stereocenters. The molecule has 0 aliphatic heterocycles. The standard InChI is InChI=1S/C24H23F2N/c1-2-3-4-8-18-9-7-10-20(13-18)22-11-5-6-12-23(22)24(26)15-19(17-27)14-21(25)16-24/h5-7,9-15H,2-4,8,16H2,1H3. The zero-order valence-electron chi connectivity index (χ0n) is 15.5. The van der Waals surface area contributed by atoms with Crippen molar-refractivity contribution in [2.45, 2.75) is 44.7 Å². The second kappa shape index (κ2) is 8.31. The minimum Gasteiger partial charge on any atom is -0.234 e. The normalized spacial score (nSPS) is 19.2. The minimum atomic E-state index is -2.03. The van der Waals surface area contributed by atoms with E-state index in [-0.39, 0.29) is 12.0 Å². The summed E-state index contributed by atoms with van der Waals surface area (Å²) in [5.41, 5.74) is 1.25. The van der Waals surface area contributed by atoms with Gasteiger partial charge in [-0.25, -0.2) is 8.78 Å². The van der Waals surface area contributed by atoms with Crippen LogP contribution in [0.4, 0.5) is 8.78 Å². The van der Waals surface area contributed by atoms with Gasteiger partial charge in [-0.2, -0.15) is 5.26 Å². The van der Waals surface area contributed by atoms with Crippen LogP contribution in [0, 0.1) is 11.3 Å². The largest absolute Gasteiger partial charge is 0.234 e. The highest BCUT2D eigenvalue weighted by Gasteiger charge is 2.36. The number of hydrogen-bond acceptors (Lipinski definition) is 1. The number of hydrogen-bond donors (Lipinski definition) is 0. The van der Waals surface area contributed by atoms with Crippen molar-refractivity contribution in [3.63, 3.8) is 0 Å². The number of nitriles is 1.